The highest BCUT2D eigenvalue weighted by molar-refractivity contribution is 7.89. The largest absolute Gasteiger partial charge is 0.343 e. The molecule has 3 aromatic rings. The molecule has 2 aliphatic rings. The minimum Gasteiger partial charge on any atom is -0.343 e. The highest BCUT2D eigenvalue weighted by Gasteiger charge is 2.29. The maximum absolute atomic E-state index is 13.5. The Morgan fingerprint density at radius 2 is 1.68 bits per heavy atom. The molecule has 1 atom stereocenters. The van der Waals surface area contributed by atoms with Crippen LogP contribution in [0.5, 0.6) is 0 Å². The van der Waals surface area contributed by atoms with Gasteiger partial charge in [0.05, 0.1) is 4.90 Å². The summed E-state index contributed by atoms with van der Waals surface area (Å²) < 4.78 is 29.8. The molecule has 38 heavy (non-hydrogen) atoms. The van der Waals surface area contributed by atoms with Crippen molar-refractivity contribution in [1.82, 2.24) is 14.9 Å². The van der Waals surface area contributed by atoms with E-state index in [4.69, 9.17) is 0 Å². The van der Waals surface area contributed by atoms with Crippen LogP contribution in [0.15, 0.2) is 65.6 Å². The standard InChI is InChI=1S/C29H34N4O4S/c1-20-6-2-3-7-23(20)29(35)31-26-10-4-9-25-24(26)8-5-11-27(25)38(36,37)32-22-13-16-33(17-14-22)28(34)18-21-12-15-30-19-21/h2-11,21-22,30,32H,12-19H2,1H3,(H,31,35). The Labute approximate surface area is 223 Å². The van der Waals surface area contributed by atoms with Gasteiger partial charge in [-0.05, 0) is 69.0 Å². The van der Waals surface area contributed by atoms with Gasteiger partial charge in [0.1, 0.15) is 0 Å². The monoisotopic (exact) mass is 534 g/mol. The molecule has 1 unspecified atom stereocenters. The first-order chi connectivity index (χ1) is 18.3. The van der Waals surface area contributed by atoms with E-state index in [0.717, 1.165) is 25.1 Å². The molecule has 0 saturated carbocycles. The Morgan fingerprint density at radius 1 is 0.947 bits per heavy atom. The summed E-state index contributed by atoms with van der Waals surface area (Å²) in [4.78, 5) is 27.6. The Balaban J connectivity index is 1.28. The van der Waals surface area contributed by atoms with Crippen LogP contribution in [0.2, 0.25) is 0 Å². The topological polar surface area (TPSA) is 108 Å². The third-order valence-electron chi connectivity index (χ3n) is 7.60. The zero-order valence-electron chi connectivity index (χ0n) is 21.6. The molecule has 0 bridgehead atoms. The summed E-state index contributed by atoms with van der Waals surface area (Å²) in [6.45, 7) is 4.84. The van der Waals surface area contributed by atoms with Gasteiger partial charge in [0.25, 0.3) is 5.91 Å². The summed E-state index contributed by atoms with van der Waals surface area (Å²) >= 11 is 0. The lowest BCUT2D eigenvalue weighted by Gasteiger charge is -2.33. The zero-order chi connectivity index (χ0) is 26.7. The molecule has 2 fully saturated rings. The van der Waals surface area contributed by atoms with Crippen LogP contribution in [0.25, 0.3) is 10.8 Å². The summed E-state index contributed by atoms with van der Waals surface area (Å²) in [7, 11) is -3.82. The third-order valence-corrected chi connectivity index (χ3v) is 9.18. The number of piperidine rings is 1. The van der Waals surface area contributed by atoms with Crippen LogP contribution in [-0.4, -0.2) is 57.4 Å². The number of carbonyl (C=O) groups excluding carboxylic acids is 2. The molecule has 2 aliphatic heterocycles. The van der Waals surface area contributed by atoms with E-state index in [1.807, 2.05) is 36.1 Å². The first kappa shape index (κ1) is 26.3. The lowest BCUT2D eigenvalue weighted by atomic mass is 10.0. The molecule has 5 rings (SSSR count). The number of nitrogens with one attached hydrogen (secondary N) is 3. The van der Waals surface area contributed by atoms with Crippen molar-refractivity contribution in [1.29, 1.82) is 0 Å². The number of rotatable bonds is 7. The molecule has 0 spiro atoms. The second kappa shape index (κ2) is 11.2. The predicted octanol–water partition coefficient (Wildman–Crippen LogP) is 3.67. The first-order valence-electron chi connectivity index (χ1n) is 13.2. The second-order valence-corrected chi connectivity index (χ2v) is 11.9. The molecule has 3 N–H and O–H groups in total. The number of aryl methyl sites for hydroxylation is 1. The van der Waals surface area contributed by atoms with Crippen molar-refractivity contribution in [3.8, 4) is 0 Å². The van der Waals surface area contributed by atoms with Gasteiger partial charge in [0.15, 0.2) is 0 Å². The van der Waals surface area contributed by atoms with Gasteiger partial charge in [0.2, 0.25) is 15.9 Å². The van der Waals surface area contributed by atoms with Gasteiger partial charge in [-0.15, -0.1) is 0 Å². The van der Waals surface area contributed by atoms with Crippen molar-refractivity contribution in [2.75, 3.05) is 31.5 Å². The number of amides is 2. The second-order valence-electron chi connectivity index (χ2n) is 10.3. The fourth-order valence-corrected chi connectivity index (χ4v) is 6.96. The van der Waals surface area contributed by atoms with Crippen LogP contribution in [0.3, 0.4) is 0 Å². The number of sulfonamides is 1. The maximum atomic E-state index is 13.5. The lowest BCUT2D eigenvalue weighted by molar-refractivity contribution is -0.133. The summed E-state index contributed by atoms with van der Waals surface area (Å²) in [6.07, 6.45) is 2.75. The van der Waals surface area contributed by atoms with E-state index in [0.29, 0.717) is 60.3 Å². The summed E-state index contributed by atoms with van der Waals surface area (Å²) in [5.74, 6) is 0.318. The van der Waals surface area contributed by atoms with Crippen LogP contribution in [0, 0.1) is 12.8 Å². The van der Waals surface area contributed by atoms with E-state index < -0.39 is 10.0 Å². The first-order valence-corrected chi connectivity index (χ1v) is 14.7. The van der Waals surface area contributed by atoms with E-state index in [1.54, 1.807) is 36.4 Å². The molecule has 0 aromatic heterocycles. The number of nitrogens with zero attached hydrogens (tertiary/aromatic N) is 1. The molecule has 2 amide bonds. The van der Waals surface area contributed by atoms with Crippen molar-refractivity contribution >= 4 is 38.3 Å². The average molecular weight is 535 g/mol. The van der Waals surface area contributed by atoms with Gasteiger partial charge < -0.3 is 15.5 Å². The minimum absolute atomic E-state index is 0.161. The Hall–Kier alpha value is -3.27. The van der Waals surface area contributed by atoms with Crippen LogP contribution >= 0.6 is 0 Å². The normalized spacial score (nSPS) is 18.6. The van der Waals surface area contributed by atoms with Crippen molar-refractivity contribution in [3.05, 3.63) is 71.8 Å². The van der Waals surface area contributed by atoms with Gasteiger partial charge in [-0.25, -0.2) is 13.1 Å². The van der Waals surface area contributed by atoms with E-state index in [-0.39, 0.29) is 22.8 Å². The molecular weight excluding hydrogens is 500 g/mol. The van der Waals surface area contributed by atoms with E-state index >= 15 is 0 Å². The number of hydrogen-bond acceptors (Lipinski definition) is 5. The Bertz CT molecular complexity index is 1440. The minimum atomic E-state index is -3.82. The number of anilines is 1. The number of hydrogen-bond donors (Lipinski definition) is 3. The summed E-state index contributed by atoms with van der Waals surface area (Å²) in [5, 5.41) is 7.44. The Morgan fingerprint density at radius 3 is 2.42 bits per heavy atom. The van der Waals surface area contributed by atoms with E-state index in [9.17, 15) is 18.0 Å². The molecule has 2 heterocycles. The number of carbonyl (C=O) groups is 2. The average Bonchev–Trinajstić information content (AvgIpc) is 3.42. The SMILES string of the molecule is Cc1ccccc1C(=O)Nc1cccc2c(S(=O)(=O)NC3CCN(C(=O)CC4CCNC4)CC3)cccc12. The highest BCUT2D eigenvalue weighted by Crippen LogP contribution is 2.30. The fraction of sp³-hybridized carbons (Fsp3) is 0.379. The number of likely N-dealkylation sites (tertiary alicyclic amines) is 1. The molecule has 2 saturated heterocycles. The molecule has 8 nitrogen and oxygen atoms in total. The molecule has 0 radical (unpaired) electrons. The quantitative estimate of drug-likeness (QED) is 0.429. The summed E-state index contributed by atoms with van der Waals surface area (Å²) in [6, 6.07) is 17.5. The van der Waals surface area contributed by atoms with Gasteiger partial charge in [-0.3, -0.25) is 9.59 Å². The van der Waals surface area contributed by atoms with Gasteiger partial charge in [0, 0.05) is 47.6 Å². The molecule has 9 heteroatoms. The van der Waals surface area contributed by atoms with Crippen LogP contribution in [-0.2, 0) is 14.8 Å². The number of fused-ring (bicyclic) bond motifs is 1. The smallest absolute Gasteiger partial charge is 0.255 e. The van der Waals surface area contributed by atoms with E-state index in [1.165, 1.54) is 0 Å². The number of benzene rings is 3. The maximum Gasteiger partial charge on any atom is 0.255 e. The molecule has 0 aliphatic carbocycles. The van der Waals surface area contributed by atoms with Crippen LogP contribution in [0.1, 0.15) is 41.6 Å². The van der Waals surface area contributed by atoms with Crippen molar-refractivity contribution in [3.63, 3.8) is 0 Å². The van der Waals surface area contributed by atoms with Gasteiger partial charge in [-0.2, -0.15) is 0 Å². The molecule has 200 valence electrons. The van der Waals surface area contributed by atoms with Gasteiger partial charge >= 0.3 is 0 Å². The highest BCUT2D eigenvalue weighted by atomic mass is 32.2. The molecular formula is C29H34N4O4S. The predicted molar refractivity (Wildman–Crippen MR) is 149 cm³/mol. The summed E-state index contributed by atoms with van der Waals surface area (Å²) in [5.41, 5.74) is 1.98. The van der Waals surface area contributed by atoms with E-state index in [2.05, 4.69) is 15.4 Å². The molecule has 3 aromatic carbocycles. The van der Waals surface area contributed by atoms with Gasteiger partial charge in [-0.1, -0.05) is 42.5 Å². The fourth-order valence-electron chi connectivity index (χ4n) is 5.44. The third kappa shape index (κ3) is 5.75. The van der Waals surface area contributed by atoms with Crippen molar-refractivity contribution < 1.29 is 18.0 Å². The van der Waals surface area contributed by atoms with Crippen molar-refractivity contribution in [2.24, 2.45) is 5.92 Å². The van der Waals surface area contributed by atoms with Crippen LogP contribution < -0.4 is 15.4 Å². The Kier molecular flexibility index (Phi) is 7.78. The lowest BCUT2D eigenvalue weighted by Crippen LogP contribution is -2.46. The van der Waals surface area contributed by atoms with Crippen molar-refractivity contribution in [2.45, 2.75) is 43.5 Å². The zero-order valence-corrected chi connectivity index (χ0v) is 22.4. The van der Waals surface area contributed by atoms with Crippen LogP contribution in [0.4, 0.5) is 5.69 Å².